The molecule has 5 aliphatic rings. The Morgan fingerprint density at radius 1 is 0.948 bits per heavy atom. The first-order valence-corrected chi connectivity index (χ1v) is 19.7. The molecule has 1 aromatic heterocycles. The van der Waals surface area contributed by atoms with Crippen molar-refractivity contribution in [1.29, 1.82) is 5.26 Å². The van der Waals surface area contributed by atoms with E-state index in [9.17, 15) is 34.0 Å². The fourth-order valence-corrected chi connectivity index (χ4v) is 9.70. The van der Waals surface area contributed by atoms with Gasteiger partial charge in [-0.25, -0.2) is 4.98 Å². The van der Waals surface area contributed by atoms with Crippen LogP contribution in [-0.2, 0) is 27.5 Å². The van der Waals surface area contributed by atoms with E-state index in [1.165, 1.54) is 0 Å². The summed E-state index contributed by atoms with van der Waals surface area (Å²) in [7, 11) is 0. The molecule has 4 aliphatic heterocycles. The number of pyridine rings is 1. The van der Waals surface area contributed by atoms with Crippen LogP contribution in [0.25, 0.3) is 0 Å². The minimum atomic E-state index is -1.03. The van der Waals surface area contributed by atoms with Crippen LogP contribution < -0.4 is 20.3 Å². The van der Waals surface area contributed by atoms with Crippen LogP contribution in [0.4, 0.5) is 5.82 Å². The van der Waals surface area contributed by atoms with E-state index in [0.717, 1.165) is 21.8 Å². The largest absolute Gasteiger partial charge is 0.489 e. The lowest BCUT2D eigenvalue weighted by Crippen LogP contribution is -2.74. The van der Waals surface area contributed by atoms with Gasteiger partial charge in [0.2, 0.25) is 17.7 Å². The van der Waals surface area contributed by atoms with Gasteiger partial charge >= 0.3 is 0 Å². The Hall–Kier alpha value is -5.85. The van der Waals surface area contributed by atoms with E-state index in [0.29, 0.717) is 61.2 Å². The Bertz CT molecular complexity index is 2250. The lowest BCUT2D eigenvalue weighted by Gasteiger charge is -2.63. The van der Waals surface area contributed by atoms with E-state index in [-0.39, 0.29) is 54.5 Å². The Morgan fingerprint density at radius 3 is 2.17 bits per heavy atom. The van der Waals surface area contributed by atoms with Gasteiger partial charge in [0.05, 0.1) is 33.8 Å². The summed E-state index contributed by atoms with van der Waals surface area (Å²) in [5.74, 6) is -1.20. The van der Waals surface area contributed by atoms with E-state index in [1.54, 1.807) is 47.5 Å². The van der Waals surface area contributed by atoms with Gasteiger partial charge in [-0.2, -0.15) is 5.26 Å². The van der Waals surface area contributed by atoms with Gasteiger partial charge in [-0.05, 0) is 53.9 Å². The maximum Gasteiger partial charge on any atom is 0.262 e. The highest BCUT2D eigenvalue weighted by atomic mass is 35.5. The van der Waals surface area contributed by atoms with Crippen molar-refractivity contribution in [1.82, 2.24) is 30.3 Å². The standard InChI is InChI=1S/C42H43ClN8O7/c1-41(2)39(42(3,4)40(41)58-27-7-5-23(18-44)30(43)17-27)47-35(54)24-6-9-32(45-19-24)49-13-11-48(12-14-49)22-34(53)50-20-25-15-28-29(16-26(25)21-50)38(57)51(37(28)56)31-8-10-33(52)46-36(31)55/h5-7,9,15-17,19,31,39-40H,8,10-14,20-22H2,1-4H3,(H,47,54)(H,46,52,55)/t31?,39-,40-. The first-order valence-electron chi connectivity index (χ1n) is 19.3. The molecule has 3 aromatic rings. The van der Waals surface area contributed by atoms with Crippen LogP contribution in [0.2, 0.25) is 5.02 Å². The third kappa shape index (κ3) is 6.73. The summed E-state index contributed by atoms with van der Waals surface area (Å²) in [4.78, 5) is 88.9. The normalized spacial score (nSPS) is 23.4. The third-order valence-electron chi connectivity index (χ3n) is 12.3. The van der Waals surface area contributed by atoms with Crippen molar-refractivity contribution in [3.63, 3.8) is 0 Å². The summed E-state index contributed by atoms with van der Waals surface area (Å²) in [5, 5.41) is 14.9. The highest BCUT2D eigenvalue weighted by Gasteiger charge is 2.64. The zero-order chi connectivity index (χ0) is 41.3. The van der Waals surface area contributed by atoms with Crippen molar-refractivity contribution in [3.05, 3.63) is 87.1 Å². The smallest absolute Gasteiger partial charge is 0.262 e. The molecule has 0 bridgehead atoms. The van der Waals surface area contributed by atoms with Crippen LogP contribution in [0.15, 0.2) is 48.7 Å². The van der Waals surface area contributed by atoms with Crippen molar-refractivity contribution >= 4 is 52.9 Å². The topological polar surface area (TPSA) is 185 Å². The summed E-state index contributed by atoms with van der Waals surface area (Å²) >= 11 is 6.23. The average Bonchev–Trinajstić information content (AvgIpc) is 3.72. The van der Waals surface area contributed by atoms with E-state index in [4.69, 9.17) is 16.3 Å². The molecule has 0 spiro atoms. The van der Waals surface area contributed by atoms with Gasteiger partial charge in [0, 0.05) is 74.8 Å². The van der Waals surface area contributed by atoms with E-state index in [1.807, 2.05) is 6.07 Å². The summed E-state index contributed by atoms with van der Waals surface area (Å²) < 4.78 is 6.35. The molecule has 2 saturated heterocycles. The number of aromatic nitrogens is 1. The van der Waals surface area contributed by atoms with Crippen molar-refractivity contribution in [3.8, 4) is 11.8 Å². The van der Waals surface area contributed by atoms with Gasteiger partial charge in [0.1, 0.15) is 29.8 Å². The third-order valence-corrected chi connectivity index (χ3v) is 12.6. The number of nitrogens with zero attached hydrogens (tertiary/aromatic N) is 6. The quantitative estimate of drug-likeness (QED) is 0.319. The molecule has 8 rings (SSSR count). The number of halogens is 1. The lowest BCUT2D eigenvalue weighted by atomic mass is 9.49. The SMILES string of the molecule is CC1(C)[C@H](NC(=O)c2ccc(N3CCN(CC(=O)N4Cc5cc6c(cc5C4)C(=O)N(C4CCC(=O)NC4=O)C6=O)CC3)nc2)C(C)(C)[C@H]1Oc1ccc(C#N)c(Cl)c1. The Labute approximate surface area is 340 Å². The molecule has 5 heterocycles. The number of carbonyl (C=O) groups is 6. The maximum atomic E-state index is 13.4. The number of nitriles is 1. The zero-order valence-electron chi connectivity index (χ0n) is 32.6. The minimum absolute atomic E-state index is 0.0504. The second-order valence-electron chi connectivity index (χ2n) is 16.8. The highest BCUT2D eigenvalue weighted by Crippen LogP contribution is 2.55. The molecule has 15 nitrogen and oxygen atoms in total. The Morgan fingerprint density at radius 2 is 1.60 bits per heavy atom. The number of ether oxygens (including phenoxy) is 1. The zero-order valence-corrected chi connectivity index (χ0v) is 33.4. The van der Waals surface area contributed by atoms with Crippen LogP contribution in [0.5, 0.6) is 5.75 Å². The number of hydrogen-bond acceptors (Lipinski definition) is 11. The highest BCUT2D eigenvalue weighted by molar-refractivity contribution is 6.31. The van der Waals surface area contributed by atoms with Gasteiger partial charge in [0.15, 0.2) is 0 Å². The monoisotopic (exact) mass is 806 g/mol. The van der Waals surface area contributed by atoms with E-state index >= 15 is 0 Å². The van der Waals surface area contributed by atoms with Gasteiger partial charge in [-0.1, -0.05) is 39.3 Å². The first kappa shape index (κ1) is 39.0. The van der Waals surface area contributed by atoms with Crippen molar-refractivity contribution < 1.29 is 33.5 Å². The number of benzene rings is 2. The molecule has 1 atom stereocenters. The predicted octanol–water partition coefficient (Wildman–Crippen LogP) is 3.28. The van der Waals surface area contributed by atoms with E-state index < -0.39 is 40.5 Å². The van der Waals surface area contributed by atoms with Crippen LogP contribution in [-0.4, -0.2) is 106 Å². The second-order valence-corrected chi connectivity index (χ2v) is 17.2. The molecule has 0 radical (unpaired) electrons. The maximum absolute atomic E-state index is 13.4. The molecule has 1 saturated carbocycles. The molecule has 1 unspecified atom stereocenters. The number of carbonyl (C=O) groups excluding carboxylic acids is 6. The first-order chi connectivity index (χ1) is 27.6. The van der Waals surface area contributed by atoms with Crippen LogP contribution in [0, 0.1) is 22.2 Å². The second kappa shape index (κ2) is 14.5. The van der Waals surface area contributed by atoms with Crippen molar-refractivity contribution in [2.24, 2.45) is 10.8 Å². The molecule has 1 aliphatic carbocycles. The summed E-state index contributed by atoms with van der Waals surface area (Å²) in [6, 6.07) is 12.8. The van der Waals surface area contributed by atoms with Crippen molar-refractivity contribution in [2.45, 2.75) is 71.8 Å². The number of amides is 6. The van der Waals surface area contributed by atoms with Crippen LogP contribution >= 0.6 is 11.6 Å². The van der Waals surface area contributed by atoms with Crippen molar-refractivity contribution in [2.75, 3.05) is 37.6 Å². The molecule has 2 N–H and O–H groups in total. The molecular formula is C42H43ClN8O7. The summed E-state index contributed by atoms with van der Waals surface area (Å²) in [6.07, 6.45) is 1.50. The molecule has 16 heteroatoms. The fourth-order valence-electron chi connectivity index (χ4n) is 9.49. The number of anilines is 1. The number of fused-ring (bicyclic) bond motifs is 2. The average molecular weight is 807 g/mol. The minimum Gasteiger partial charge on any atom is -0.489 e. The van der Waals surface area contributed by atoms with Crippen LogP contribution in [0.1, 0.15) is 88.3 Å². The van der Waals surface area contributed by atoms with E-state index in [2.05, 4.69) is 59.2 Å². The number of nitrogens with one attached hydrogen (secondary N) is 2. The Balaban J connectivity index is 0.815. The number of rotatable bonds is 8. The van der Waals surface area contributed by atoms with Gasteiger partial charge in [0.25, 0.3) is 17.7 Å². The number of hydrogen-bond donors (Lipinski definition) is 2. The molecule has 58 heavy (non-hydrogen) atoms. The molecule has 6 amide bonds. The van der Waals surface area contributed by atoms with Gasteiger partial charge in [-0.15, -0.1) is 0 Å². The molecule has 2 aromatic carbocycles. The van der Waals surface area contributed by atoms with Gasteiger partial charge < -0.3 is 19.9 Å². The van der Waals surface area contributed by atoms with Crippen LogP contribution in [0.3, 0.4) is 0 Å². The Kier molecular flexibility index (Phi) is 9.76. The molecular weight excluding hydrogens is 764 g/mol. The summed E-state index contributed by atoms with van der Waals surface area (Å²) in [6.45, 7) is 11.6. The molecule has 300 valence electrons. The predicted molar refractivity (Wildman–Crippen MR) is 210 cm³/mol. The number of piperidine rings is 1. The molecule has 3 fully saturated rings. The van der Waals surface area contributed by atoms with Gasteiger partial charge in [-0.3, -0.25) is 43.9 Å². The number of piperazine rings is 1. The number of imide groups is 2. The lowest BCUT2D eigenvalue weighted by molar-refractivity contribution is -0.164. The fraction of sp³-hybridized carbons (Fsp3) is 0.429. The summed E-state index contributed by atoms with van der Waals surface area (Å²) in [5.41, 5.74) is 2.00.